The molecular formula is C39H71N13O8. The predicted octanol–water partition coefficient (Wildman–Crippen LogP) is -4.53. The quantitative estimate of drug-likeness (QED) is 0.0614. The number of aldehydes is 1. The highest BCUT2D eigenvalue weighted by atomic mass is 16.3. The Balaban J connectivity index is 2.07. The third-order valence-electron chi connectivity index (χ3n) is 11.0. The molecule has 3 saturated heterocycles. The fourth-order valence-corrected chi connectivity index (χ4v) is 7.44. The van der Waals surface area contributed by atoms with Crippen molar-refractivity contribution in [1.29, 1.82) is 0 Å². The number of hydrogen-bond acceptors (Lipinski definition) is 14. The molecule has 6 amide bonds. The van der Waals surface area contributed by atoms with E-state index in [1.807, 2.05) is 27.7 Å². The minimum atomic E-state index is -1.64. The number of aliphatic imine (C=N–C) groups is 1. The van der Waals surface area contributed by atoms with Gasteiger partial charge in [0.2, 0.25) is 35.4 Å². The van der Waals surface area contributed by atoms with E-state index >= 15 is 0 Å². The topological polar surface area (TPSA) is 348 Å². The Morgan fingerprint density at radius 3 is 1.80 bits per heavy atom. The third kappa shape index (κ3) is 14.7. The van der Waals surface area contributed by atoms with Crippen molar-refractivity contribution in [2.75, 3.05) is 45.8 Å². The maximum absolute atomic E-state index is 14.0. The Morgan fingerprint density at radius 1 is 0.700 bits per heavy atom. The van der Waals surface area contributed by atoms with Gasteiger partial charge < -0.3 is 75.0 Å². The number of nitrogens with one attached hydrogen (secondary N) is 9. The molecule has 3 aliphatic heterocycles. The van der Waals surface area contributed by atoms with Gasteiger partial charge >= 0.3 is 0 Å². The number of amidine groups is 1. The number of aliphatic hydroxyl groups is 1. The van der Waals surface area contributed by atoms with Crippen LogP contribution in [0.25, 0.3) is 0 Å². The van der Waals surface area contributed by atoms with Crippen LogP contribution >= 0.6 is 0 Å². The Labute approximate surface area is 352 Å². The summed E-state index contributed by atoms with van der Waals surface area (Å²) in [6, 6.07) is -7.04. The van der Waals surface area contributed by atoms with Gasteiger partial charge in [0.1, 0.15) is 47.9 Å². The number of nitrogens with zero attached hydrogens (tertiary/aromatic N) is 1. The van der Waals surface area contributed by atoms with Gasteiger partial charge in [0.25, 0.3) is 0 Å². The van der Waals surface area contributed by atoms with E-state index in [2.05, 4.69) is 47.9 Å². The van der Waals surface area contributed by atoms with Crippen molar-refractivity contribution in [3.05, 3.63) is 0 Å². The first-order valence-corrected chi connectivity index (χ1v) is 21.3. The normalized spacial score (nSPS) is 30.4. The molecule has 0 aromatic carbocycles. The first-order valence-electron chi connectivity index (χ1n) is 21.3. The van der Waals surface area contributed by atoms with Crippen molar-refractivity contribution < 1.29 is 38.7 Å². The highest BCUT2D eigenvalue weighted by molar-refractivity contribution is 6.08. The number of carbonyl (C=O) groups is 7. The number of piperidine rings is 1. The standard InChI is InChI=1S/C39H71N13O8/c1-22(2)18-28-34(58)48-29(19-23(3)4)35(59)51-38(21-53,9-14-42)20-45-25(6-12-40)31(55)50-30(24(5)54)36(60)44-15-8-27(33(57)46-26(7-13-41)32(56)47-28)49-37-39(52-37)10-16-43-17-11-39/h21-30,43,45,54H,6-20,40-42H2,1-5H3,(H,44,60)(H,46,57)(H,47,56)(H,48,58)(H,49,52)(H,50,55)(H,51,59)/t24-,25+,26+,27+,28-,29+,30+,38-/m1/s1. The Morgan fingerprint density at radius 2 is 1.25 bits per heavy atom. The number of rotatable bonds is 13. The van der Waals surface area contributed by atoms with Crippen LogP contribution < -0.4 is 65.1 Å². The Hall–Kier alpha value is -4.28. The van der Waals surface area contributed by atoms with Crippen LogP contribution in [-0.2, 0) is 33.6 Å². The minimum absolute atomic E-state index is 0.0116. The summed E-state index contributed by atoms with van der Waals surface area (Å²) in [5, 5.41) is 36.5. The van der Waals surface area contributed by atoms with Crippen LogP contribution in [0.15, 0.2) is 4.99 Å². The van der Waals surface area contributed by atoms with Crippen LogP contribution in [0.2, 0.25) is 0 Å². The van der Waals surface area contributed by atoms with Crippen LogP contribution in [-0.4, -0.2) is 152 Å². The van der Waals surface area contributed by atoms with Crippen molar-refractivity contribution in [1.82, 2.24) is 47.9 Å². The van der Waals surface area contributed by atoms with Crippen molar-refractivity contribution in [3.63, 3.8) is 0 Å². The first kappa shape index (κ1) is 50.1. The summed E-state index contributed by atoms with van der Waals surface area (Å²) >= 11 is 0. The van der Waals surface area contributed by atoms with Crippen LogP contribution in [0, 0.1) is 11.8 Å². The van der Waals surface area contributed by atoms with E-state index in [1.165, 1.54) is 6.92 Å². The molecule has 3 rings (SSSR count). The van der Waals surface area contributed by atoms with Crippen LogP contribution in [0.4, 0.5) is 0 Å². The molecule has 21 nitrogen and oxygen atoms in total. The van der Waals surface area contributed by atoms with Gasteiger partial charge in [-0.3, -0.25) is 33.8 Å². The lowest BCUT2D eigenvalue weighted by Gasteiger charge is -2.34. The van der Waals surface area contributed by atoms with Crippen molar-refractivity contribution in [2.24, 2.45) is 34.0 Å². The molecule has 0 bridgehead atoms. The molecule has 340 valence electrons. The van der Waals surface area contributed by atoms with Gasteiger partial charge in [0.15, 0.2) is 0 Å². The lowest BCUT2D eigenvalue weighted by Crippen LogP contribution is -2.64. The van der Waals surface area contributed by atoms with E-state index in [0.29, 0.717) is 12.1 Å². The summed E-state index contributed by atoms with van der Waals surface area (Å²) in [5.74, 6) is -3.64. The van der Waals surface area contributed by atoms with Gasteiger partial charge in [-0.05, 0) is 103 Å². The maximum Gasteiger partial charge on any atom is 0.245 e. The van der Waals surface area contributed by atoms with Crippen LogP contribution in [0.5, 0.6) is 0 Å². The molecule has 0 radical (unpaired) electrons. The van der Waals surface area contributed by atoms with Gasteiger partial charge in [-0.15, -0.1) is 0 Å². The second kappa shape index (κ2) is 23.6. The SMILES string of the molecule is CC(C)C[C@@H]1NC(=O)[C@@H](CC(C)C)NC(=O)[C@H](CCN)NC(=O)[C@@H](N=C2NC23CCNCC3)CCNC(=O)[C@H]([C@@H](C)O)NC(=O)[C@H](CCN)NC[C@@](C=O)(CCN)NC1=O. The molecule has 0 unspecified atom stereocenters. The number of amides is 6. The molecule has 0 saturated carbocycles. The summed E-state index contributed by atoms with van der Waals surface area (Å²) < 4.78 is 0. The van der Waals surface area contributed by atoms with Gasteiger partial charge in [-0.1, -0.05) is 27.7 Å². The van der Waals surface area contributed by atoms with E-state index < -0.39 is 83.3 Å². The molecule has 0 aromatic heterocycles. The van der Waals surface area contributed by atoms with Crippen molar-refractivity contribution >= 4 is 47.6 Å². The van der Waals surface area contributed by atoms with Gasteiger partial charge in [0.05, 0.1) is 17.7 Å². The Kier molecular flexibility index (Phi) is 19.7. The summed E-state index contributed by atoms with van der Waals surface area (Å²) in [6.45, 7) is 9.89. The zero-order valence-electron chi connectivity index (χ0n) is 35.9. The molecule has 3 heterocycles. The van der Waals surface area contributed by atoms with Gasteiger partial charge in [-0.25, -0.2) is 0 Å². The second-order valence-electron chi connectivity index (χ2n) is 17.1. The highest BCUT2D eigenvalue weighted by Gasteiger charge is 2.51. The fourth-order valence-electron chi connectivity index (χ4n) is 7.44. The average Bonchev–Trinajstić information content (AvgIpc) is 3.85. The zero-order valence-corrected chi connectivity index (χ0v) is 35.9. The summed E-state index contributed by atoms with van der Waals surface area (Å²) in [5.41, 5.74) is 15.7. The average molecular weight is 850 g/mol. The van der Waals surface area contributed by atoms with Crippen LogP contribution in [0.3, 0.4) is 0 Å². The molecule has 16 N–H and O–H groups in total. The molecule has 0 aromatic rings. The Bertz CT molecular complexity index is 1520. The molecule has 0 aliphatic carbocycles. The minimum Gasteiger partial charge on any atom is -0.391 e. The molecule has 8 atom stereocenters. The third-order valence-corrected chi connectivity index (χ3v) is 11.0. The van der Waals surface area contributed by atoms with E-state index in [9.17, 15) is 38.7 Å². The van der Waals surface area contributed by atoms with E-state index in [1.54, 1.807) is 0 Å². The van der Waals surface area contributed by atoms with E-state index in [4.69, 9.17) is 22.2 Å². The molecule has 3 aliphatic rings. The zero-order chi connectivity index (χ0) is 44.6. The largest absolute Gasteiger partial charge is 0.391 e. The predicted molar refractivity (Wildman–Crippen MR) is 225 cm³/mol. The van der Waals surface area contributed by atoms with Gasteiger partial charge in [0, 0.05) is 13.1 Å². The highest BCUT2D eigenvalue weighted by Crippen LogP contribution is 2.31. The van der Waals surface area contributed by atoms with E-state index in [-0.39, 0.29) is 88.6 Å². The van der Waals surface area contributed by atoms with Crippen LogP contribution in [0.1, 0.15) is 86.0 Å². The molecule has 1 spiro atoms. The maximum atomic E-state index is 14.0. The number of aliphatic hydroxyl groups excluding tert-OH is 1. The lowest BCUT2D eigenvalue weighted by molar-refractivity contribution is -0.135. The first-order chi connectivity index (χ1) is 28.4. The molecule has 3 fully saturated rings. The van der Waals surface area contributed by atoms with Crippen molar-refractivity contribution in [3.8, 4) is 0 Å². The summed E-state index contributed by atoms with van der Waals surface area (Å²) in [7, 11) is 0. The lowest BCUT2D eigenvalue weighted by atomic mass is 9.94. The number of carbonyl (C=O) groups excluding carboxylic acids is 7. The summed E-state index contributed by atoms with van der Waals surface area (Å²) in [4.78, 5) is 101. The number of hydrogen-bond donors (Lipinski definition) is 13. The molecular weight excluding hydrogens is 779 g/mol. The van der Waals surface area contributed by atoms with Crippen molar-refractivity contribution in [2.45, 2.75) is 139 Å². The molecule has 21 heteroatoms. The summed E-state index contributed by atoms with van der Waals surface area (Å²) in [6.07, 6.45) is 1.02. The van der Waals surface area contributed by atoms with E-state index in [0.717, 1.165) is 25.9 Å². The van der Waals surface area contributed by atoms with Gasteiger partial charge in [-0.2, -0.15) is 0 Å². The second-order valence-corrected chi connectivity index (χ2v) is 17.1. The molecule has 60 heavy (non-hydrogen) atoms. The smallest absolute Gasteiger partial charge is 0.245 e. The monoisotopic (exact) mass is 850 g/mol. The number of nitrogens with two attached hydrogens (primary N) is 3. The fraction of sp³-hybridized carbons (Fsp3) is 0.795.